The van der Waals surface area contributed by atoms with E-state index in [2.05, 4.69) is 35.1 Å². The third kappa shape index (κ3) is 2.74. The fourth-order valence-electron chi connectivity index (χ4n) is 1.06. The lowest BCUT2D eigenvalue weighted by molar-refractivity contribution is 0.215. The maximum absolute atomic E-state index is 4.56. The van der Waals surface area contributed by atoms with Gasteiger partial charge >= 0.3 is 0 Å². The first kappa shape index (κ1) is 8.78. The molecule has 0 atom stereocenters. The Kier molecular flexibility index (Phi) is 3.33. The lowest BCUT2D eigenvalue weighted by Crippen LogP contribution is -1.86. The average molecular weight is 163 g/mol. The van der Waals surface area contributed by atoms with Crippen LogP contribution < -0.4 is 0 Å². The third-order valence-electron chi connectivity index (χ3n) is 1.59. The molecule has 0 fully saturated rings. The van der Waals surface area contributed by atoms with Gasteiger partial charge in [-0.25, -0.2) is 0 Å². The summed E-state index contributed by atoms with van der Waals surface area (Å²) < 4.78 is 0. The Morgan fingerprint density at radius 1 is 1.50 bits per heavy atom. The van der Waals surface area contributed by atoms with E-state index in [1.807, 2.05) is 6.07 Å². The molecule has 2 heteroatoms. The Bertz CT molecular complexity index is 268. The normalized spacial score (nSPS) is 10.5. The number of rotatable bonds is 3. The summed E-state index contributed by atoms with van der Waals surface area (Å²) in [4.78, 5) is 4.56. The van der Waals surface area contributed by atoms with Crippen molar-refractivity contribution in [2.24, 2.45) is 5.16 Å². The molecule has 0 spiro atoms. The summed E-state index contributed by atoms with van der Waals surface area (Å²) in [6.45, 7) is 2.08. The molecule has 0 aliphatic rings. The van der Waals surface area contributed by atoms with Gasteiger partial charge < -0.3 is 4.84 Å². The molecule has 0 bridgehead atoms. The maximum Gasteiger partial charge on any atom is 0.106 e. The van der Waals surface area contributed by atoms with E-state index in [0.717, 1.165) is 6.42 Å². The summed E-state index contributed by atoms with van der Waals surface area (Å²) >= 11 is 0. The van der Waals surface area contributed by atoms with Crippen LogP contribution in [-0.2, 0) is 11.3 Å². The largest absolute Gasteiger partial charge is 0.399 e. The molecule has 0 saturated carbocycles. The Morgan fingerprint density at radius 3 is 3.00 bits per heavy atom. The van der Waals surface area contributed by atoms with Gasteiger partial charge in [0, 0.05) is 12.6 Å². The second-order valence-electron chi connectivity index (χ2n) is 2.66. The number of benzene rings is 1. The number of hydrogen-bond donors (Lipinski definition) is 0. The maximum atomic E-state index is 4.56. The minimum Gasteiger partial charge on any atom is -0.399 e. The van der Waals surface area contributed by atoms with Crippen LogP contribution in [0.15, 0.2) is 29.4 Å². The standard InChI is InChI=1S/C10H13NO/c1-9-4-3-5-10(8-9)6-7-11-12-2/h3-5,7-8H,6H2,1-2H3. The Balaban J connectivity index is 2.57. The predicted octanol–water partition coefficient (Wildman–Crippen LogP) is 2.17. The number of hydrogen-bond acceptors (Lipinski definition) is 2. The van der Waals surface area contributed by atoms with E-state index in [4.69, 9.17) is 0 Å². The minimum atomic E-state index is 0.829. The van der Waals surface area contributed by atoms with Gasteiger partial charge in [-0.2, -0.15) is 0 Å². The van der Waals surface area contributed by atoms with Gasteiger partial charge in [0.25, 0.3) is 0 Å². The molecule has 1 aromatic carbocycles. The number of nitrogens with zero attached hydrogens (tertiary/aromatic N) is 1. The van der Waals surface area contributed by atoms with Crippen molar-refractivity contribution in [1.29, 1.82) is 0 Å². The molecule has 0 aromatic heterocycles. The van der Waals surface area contributed by atoms with Gasteiger partial charge in [-0.05, 0) is 12.5 Å². The quantitative estimate of drug-likeness (QED) is 0.494. The lowest BCUT2D eigenvalue weighted by atomic mass is 10.1. The first-order valence-corrected chi connectivity index (χ1v) is 3.93. The highest BCUT2D eigenvalue weighted by Gasteiger charge is 1.89. The molecule has 12 heavy (non-hydrogen) atoms. The molecule has 0 saturated heterocycles. The molecule has 1 rings (SSSR count). The van der Waals surface area contributed by atoms with Crippen LogP contribution in [-0.4, -0.2) is 13.3 Å². The molecule has 2 nitrogen and oxygen atoms in total. The van der Waals surface area contributed by atoms with E-state index >= 15 is 0 Å². The fourth-order valence-corrected chi connectivity index (χ4v) is 1.06. The van der Waals surface area contributed by atoms with Crippen molar-refractivity contribution in [3.05, 3.63) is 35.4 Å². The molecule has 0 aliphatic carbocycles. The van der Waals surface area contributed by atoms with E-state index < -0.39 is 0 Å². The van der Waals surface area contributed by atoms with Crippen molar-refractivity contribution >= 4 is 6.21 Å². The van der Waals surface area contributed by atoms with Crippen molar-refractivity contribution < 1.29 is 4.84 Å². The SMILES string of the molecule is CON=CCc1cccc(C)c1. The van der Waals surface area contributed by atoms with Gasteiger partial charge in [0.05, 0.1) is 0 Å². The lowest BCUT2D eigenvalue weighted by Gasteiger charge is -1.96. The second kappa shape index (κ2) is 4.54. The van der Waals surface area contributed by atoms with Crippen LogP contribution in [0.1, 0.15) is 11.1 Å². The molecular weight excluding hydrogens is 150 g/mol. The summed E-state index contributed by atoms with van der Waals surface area (Å²) in [5, 5.41) is 3.67. The topological polar surface area (TPSA) is 21.6 Å². The van der Waals surface area contributed by atoms with Gasteiger partial charge in [0.2, 0.25) is 0 Å². The first-order chi connectivity index (χ1) is 5.83. The average Bonchev–Trinajstić information content (AvgIpc) is 2.05. The number of aryl methyl sites for hydroxylation is 1. The van der Waals surface area contributed by atoms with Gasteiger partial charge in [-0.1, -0.05) is 35.0 Å². The van der Waals surface area contributed by atoms with E-state index in [0.29, 0.717) is 0 Å². The van der Waals surface area contributed by atoms with Crippen molar-refractivity contribution in [3.63, 3.8) is 0 Å². The van der Waals surface area contributed by atoms with Crippen LogP contribution in [0.25, 0.3) is 0 Å². The molecule has 0 N–H and O–H groups in total. The van der Waals surface area contributed by atoms with E-state index in [1.165, 1.54) is 11.1 Å². The number of oxime groups is 1. The van der Waals surface area contributed by atoms with Crippen molar-refractivity contribution in [2.75, 3.05) is 7.11 Å². The molecule has 0 unspecified atom stereocenters. The Labute approximate surface area is 72.9 Å². The van der Waals surface area contributed by atoms with Crippen molar-refractivity contribution in [2.45, 2.75) is 13.3 Å². The van der Waals surface area contributed by atoms with E-state index in [9.17, 15) is 0 Å². The van der Waals surface area contributed by atoms with Crippen LogP contribution >= 0.6 is 0 Å². The zero-order valence-corrected chi connectivity index (χ0v) is 7.45. The molecule has 0 radical (unpaired) electrons. The summed E-state index contributed by atoms with van der Waals surface area (Å²) in [7, 11) is 1.55. The monoisotopic (exact) mass is 163 g/mol. The molecular formula is C10H13NO. The Morgan fingerprint density at radius 2 is 2.33 bits per heavy atom. The zero-order chi connectivity index (χ0) is 8.81. The summed E-state index contributed by atoms with van der Waals surface area (Å²) in [5.74, 6) is 0. The molecule has 0 aliphatic heterocycles. The van der Waals surface area contributed by atoms with Gasteiger partial charge in [0.1, 0.15) is 7.11 Å². The van der Waals surface area contributed by atoms with Crippen molar-refractivity contribution in [1.82, 2.24) is 0 Å². The van der Waals surface area contributed by atoms with Gasteiger partial charge in [-0.15, -0.1) is 0 Å². The van der Waals surface area contributed by atoms with E-state index in [1.54, 1.807) is 13.3 Å². The highest BCUT2D eigenvalue weighted by atomic mass is 16.6. The third-order valence-corrected chi connectivity index (χ3v) is 1.59. The van der Waals surface area contributed by atoms with Crippen molar-refractivity contribution in [3.8, 4) is 0 Å². The Hall–Kier alpha value is -1.31. The van der Waals surface area contributed by atoms with E-state index in [-0.39, 0.29) is 0 Å². The molecule has 1 aromatic rings. The minimum absolute atomic E-state index is 0.829. The predicted molar refractivity (Wildman–Crippen MR) is 50.4 cm³/mol. The summed E-state index contributed by atoms with van der Waals surface area (Å²) in [6, 6.07) is 8.35. The molecule has 0 amide bonds. The highest BCUT2D eigenvalue weighted by molar-refractivity contribution is 5.60. The summed E-state index contributed by atoms with van der Waals surface area (Å²) in [6.07, 6.45) is 2.59. The van der Waals surface area contributed by atoms with Gasteiger partial charge in [0.15, 0.2) is 0 Å². The molecule has 0 heterocycles. The summed E-state index contributed by atoms with van der Waals surface area (Å²) in [5.41, 5.74) is 2.54. The fraction of sp³-hybridized carbons (Fsp3) is 0.300. The van der Waals surface area contributed by atoms with Crippen LogP contribution in [0.3, 0.4) is 0 Å². The second-order valence-corrected chi connectivity index (χ2v) is 2.66. The van der Waals surface area contributed by atoms with Gasteiger partial charge in [-0.3, -0.25) is 0 Å². The van der Waals surface area contributed by atoms with Crippen LogP contribution in [0.5, 0.6) is 0 Å². The zero-order valence-electron chi connectivity index (χ0n) is 7.45. The van der Waals surface area contributed by atoms with Crippen LogP contribution in [0, 0.1) is 6.92 Å². The van der Waals surface area contributed by atoms with Crippen LogP contribution in [0.4, 0.5) is 0 Å². The smallest absolute Gasteiger partial charge is 0.106 e. The highest BCUT2D eigenvalue weighted by Crippen LogP contribution is 2.03. The van der Waals surface area contributed by atoms with Crippen LogP contribution in [0.2, 0.25) is 0 Å². The molecule has 64 valence electrons. The first-order valence-electron chi connectivity index (χ1n) is 3.93.